The summed E-state index contributed by atoms with van der Waals surface area (Å²) in [5, 5.41) is 5.00. The molecule has 8 nitrogen and oxygen atoms in total. The first-order valence-corrected chi connectivity index (χ1v) is 17.3. The molecule has 1 aliphatic rings. The van der Waals surface area contributed by atoms with Crippen molar-refractivity contribution >= 4 is 45.9 Å². The summed E-state index contributed by atoms with van der Waals surface area (Å²) in [5.74, 6) is 1.17. The maximum absolute atomic E-state index is 12.0. The van der Waals surface area contributed by atoms with Crippen molar-refractivity contribution < 1.29 is 19.0 Å². The highest BCUT2D eigenvalue weighted by Gasteiger charge is 2.19. The molecule has 45 heavy (non-hydrogen) atoms. The zero-order chi connectivity index (χ0) is 31.7. The molecule has 0 spiro atoms. The number of alkyl carbamates (subject to hydrolysis) is 1. The predicted molar refractivity (Wildman–Crippen MR) is 184 cm³/mol. The highest BCUT2D eigenvalue weighted by Crippen LogP contribution is 2.33. The van der Waals surface area contributed by atoms with Gasteiger partial charge in [-0.15, -0.1) is 0 Å². The second kappa shape index (κ2) is 19.5. The maximum atomic E-state index is 12.0. The lowest BCUT2D eigenvalue weighted by Gasteiger charge is -2.36. The quantitative estimate of drug-likeness (QED) is 0.102. The molecule has 0 saturated carbocycles. The molecule has 1 amide bonds. The van der Waals surface area contributed by atoms with Gasteiger partial charge in [-0.2, -0.15) is 0 Å². The molecule has 2 heterocycles. The zero-order valence-electron chi connectivity index (χ0n) is 26.6. The number of fused-ring (bicyclic) bond motifs is 1. The fraction of sp³-hybridized carbons (Fsp3) is 0.543. The van der Waals surface area contributed by atoms with E-state index in [0.717, 1.165) is 80.7 Å². The Morgan fingerprint density at radius 3 is 2.42 bits per heavy atom. The minimum absolute atomic E-state index is 0.193. The van der Waals surface area contributed by atoms with Crippen molar-refractivity contribution in [3.05, 3.63) is 58.6 Å². The van der Waals surface area contributed by atoms with E-state index in [2.05, 4.69) is 27.0 Å². The Hall–Kier alpha value is -2.94. The molecule has 0 atom stereocenters. The standard InChI is InChI=1S/C35H48Cl2N4O4/c1-2-3-4-5-6-7-8-9-19-38-35(42)45-27-44-33-18-16-28-15-17-29(26-31(28)39-33)43-25-11-10-20-40-21-23-41(24-22-40)32-14-12-13-30(36)34(32)37/h12-18,26H,2-11,19-25,27H2,1H3,(H,38,42). The molecule has 1 aliphatic heterocycles. The number of carbonyl (C=O) groups excluding carboxylic acids is 1. The Morgan fingerprint density at radius 2 is 1.62 bits per heavy atom. The number of unbranched alkanes of at least 4 members (excludes halogenated alkanes) is 8. The average molecular weight is 660 g/mol. The molecular weight excluding hydrogens is 611 g/mol. The van der Waals surface area contributed by atoms with Crippen molar-refractivity contribution in [3.8, 4) is 11.6 Å². The summed E-state index contributed by atoms with van der Waals surface area (Å²) < 4.78 is 16.8. The number of ether oxygens (including phenoxy) is 3. The third-order valence-electron chi connectivity index (χ3n) is 8.12. The van der Waals surface area contributed by atoms with E-state index in [9.17, 15) is 4.79 Å². The van der Waals surface area contributed by atoms with Gasteiger partial charge >= 0.3 is 6.09 Å². The van der Waals surface area contributed by atoms with Crippen LogP contribution < -0.4 is 19.7 Å². The van der Waals surface area contributed by atoms with Crippen LogP contribution in [0.2, 0.25) is 10.0 Å². The van der Waals surface area contributed by atoms with Crippen LogP contribution in [0.4, 0.5) is 10.5 Å². The summed E-state index contributed by atoms with van der Waals surface area (Å²) >= 11 is 12.6. The van der Waals surface area contributed by atoms with Crippen LogP contribution in [0.15, 0.2) is 48.5 Å². The van der Waals surface area contributed by atoms with Gasteiger partial charge in [-0.25, -0.2) is 9.78 Å². The van der Waals surface area contributed by atoms with Gasteiger partial charge in [0.15, 0.2) is 0 Å². The number of piperazine rings is 1. The number of nitrogens with zero attached hydrogens (tertiary/aromatic N) is 3. The SMILES string of the molecule is CCCCCCCCCCNC(=O)OCOc1ccc2ccc(OCCCCN3CCN(c4cccc(Cl)c4Cl)CC3)cc2n1. The van der Waals surface area contributed by atoms with Crippen molar-refractivity contribution in [1.82, 2.24) is 15.2 Å². The number of nitrogens with one attached hydrogen (secondary N) is 1. The molecule has 0 aliphatic carbocycles. The molecular formula is C35H48Cl2N4O4. The van der Waals surface area contributed by atoms with Gasteiger partial charge < -0.3 is 24.4 Å². The van der Waals surface area contributed by atoms with E-state index in [1.54, 1.807) is 6.07 Å². The third kappa shape index (κ3) is 12.1. The summed E-state index contributed by atoms with van der Waals surface area (Å²) in [6.45, 7) is 8.20. The maximum Gasteiger partial charge on any atom is 0.410 e. The minimum Gasteiger partial charge on any atom is -0.494 e. The Bertz CT molecular complexity index is 1320. The van der Waals surface area contributed by atoms with Gasteiger partial charge in [0.05, 0.1) is 27.9 Å². The Balaban J connectivity index is 1.07. The summed E-state index contributed by atoms with van der Waals surface area (Å²) in [5.41, 5.74) is 1.78. The van der Waals surface area contributed by atoms with Gasteiger partial charge in [0, 0.05) is 50.2 Å². The van der Waals surface area contributed by atoms with Crippen LogP contribution in [0, 0.1) is 0 Å². The highest BCUT2D eigenvalue weighted by molar-refractivity contribution is 6.43. The predicted octanol–water partition coefficient (Wildman–Crippen LogP) is 8.73. The number of benzene rings is 2. The average Bonchev–Trinajstić information content (AvgIpc) is 3.05. The lowest BCUT2D eigenvalue weighted by molar-refractivity contribution is 0.0570. The van der Waals surface area contributed by atoms with Gasteiger partial charge in [0.1, 0.15) is 5.75 Å². The van der Waals surface area contributed by atoms with Crippen LogP contribution in [-0.2, 0) is 4.74 Å². The second-order valence-corrected chi connectivity index (χ2v) is 12.3. The van der Waals surface area contributed by atoms with Crippen LogP contribution in [-0.4, -0.2) is 68.6 Å². The summed E-state index contributed by atoms with van der Waals surface area (Å²) in [6.07, 6.45) is 11.3. The Labute approximate surface area is 278 Å². The van der Waals surface area contributed by atoms with Crippen molar-refractivity contribution in [2.24, 2.45) is 0 Å². The van der Waals surface area contributed by atoms with Gasteiger partial charge in [-0.05, 0) is 56.1 Å². The van der Waals surface area contributed by atoms with E-state index in [4.69, 9.17) is 37.4 Å². The highest BCUT2D eigenvalue weighted by atomic mass is 35.5. The van der Waals surface area contributed by atoms with Crippen molar-refractivity contribution in [3.63, 3.8) is 0 Å². The number of hydrogen-bond donors (Lipinski definition) is 1. The van der Waals surface area contributed by atoms with Gasteiger partial charge in [-0.1, -0.05) is 81.1 Å². The number of aromatic nitrogens is 1. The zero-order valence-corrected chi connectivity index (χ0v) is 28.1. The first-order valence-electron chi connectivity index (χ1n) is 16.5. The van der Waals surface area contributed by atoms with E-state index in [1.807, 2.05) is 42.5 Å². The van der Waals surface area contributed by atoms with E-state index in [0.29, 0.717) is 29.1 Å². The van der Waals surface area contributed by atoms with Crippen LogP contribution in [0.1, 0.15) is 71.1 Å². The molecule has 1 aromatic heterocycles. The number of rotatable bonds is 19. The number of hydrogen-bond acceptors (Lipinski definition) is 7. The lowest BCUT2D eigenvalue weighted by atomic mass is 10.1. The summed E-state index contributed by atoms with van der Waals surface area (Å²) in [4.78, 5) is 21.3. The summed E-state index contributed by atoms with van der Waals surface area (Å²) in [7, 11) is 0. The molecule has 0 bridgehead atoms. The van der Waals surface area contributed by atoms with E-state index >= 15 is 0 Å². The molecule has 2 aromatic carbocycles. The molecule has 1 N–H and O–H groups in total. The van der Waals surface area contributed by atoms with Crippen LogP contribution >= 0.6 is 23.2 Å². The van der Waals surface area contributed by atoms with Crippen molar-refractivity contribution in [2.45, 2.75) is 71.1 Å². The van der Waals surface area contributed by atoms with Crippen LogP contribution in [0.5, 0.6) is 11.6 Å². The largest absolute Gasteiger partial charge is 0.494 e. The third-order valence-corrected chi connectivity index (χ3v) is 8.93. The number of pyridine rings is 1. The topological polar surface area (TPSA) is 76.2 Å². The first-order chi connectivity index (χ1) is 22.0. The Kier molecular flexibility index (Phi) is 15.2. The fourth-order valence-corrected chi connectivity index (χ4v) is 5.88. The smallest absolute Gasteiger partial charge is 0.410 e. The number of anilines is 1. The molecule has 1 saturated heterocycles. The van der Waals surface area contributed by atoms with Gasteiger partial charge in [0.25, 0.3) is 0 Å². The van der Waals surface area contributed by atoms with Gasteiger partial charge in [0.2, 0.25) is 12.7 Å². The van der Waals surface area contributed by atoms with E-state index in [1.165, 1.54) is 38.5 Å². The number of carbonyl (C=O) groups is 1. The Morgan fingerprint density at radius 1 is 0.867 bits per heavy atom. The second-order valence-electron chi connectivity index (χ2n) is 11.6. The molecule has 4 rings (SSSR count). The monoisotopic (exact) mass is 658 g/mol. The molecule has 1 fully saturated rings. The van der Waals surface area contributed by atoms with Crippen LogP contribution in [0.3, 0.4) is 0 Å². The fourth-order valence-electron chi connectivity index (χ4n) is 5.47. The number of halogens is 2. The van der Waals surface area contributed by atoms with Crippen molar-refractivity contribution in [2.75, 3.05) is 57.6 Å². The summed E-state index contributed by atoms with van der Waals surface area (Å²) in [6, 6.07) is 15.4. The first kappa shape index (κ1) is 34.9. The molecule has 3 aromatic rings. The molecule has 246 valence electrons. The van der Waals surface area contributed by atoms with E-state index < -0.39 is 6.09 Å². The molecule has 10 heteroatoms. The molecule has 0 unspecified atom stereocenters. The normalized spacial score (nSPS) is 13.6. The van der Waals surface area contributed by atoms with Crippen molar-refractivity contribution in [1.29, 1.82) is 0 Å². The molecule has 0 radical (unpaired) electrons. The van der Waals surface area contributed by atoms with E-state index in [-0.39, 0.29) is 6.79 Å². The lowest BCUT2D eigenvalue weighted by Crippen LogP contribution is -2.46. The van der Waals surface area contributed by atoms with Gasteiger partial charge in [-0.3, -0.25) is 4.90 Å². The van der Waals surface area contributed by atoms with Crippen LogP contribution in [0.25, 0.3) is 10.9 Å². The minimum atomic E-state index is -0.473. The number of amides is 1.